The zero-order valence-corrected chi connectivity index (χ0v) is 11.2. The number of anilines is 1. The molecule has 0 spiro atoms. The Morgan fingerprint density at radius 1 is 1.35 bits per heavy atom. The molecule has 1 aromatic heterocycles. The summed E-state index contributed by atoms with van der Waals surface area (Å²) in [6.07, 6.45) is 0. The predicted octanol–water partition coefficient (Wildman–Crippen LogP) is 0.833. The van der Waals surface area contributed by atoms with E-state index in [-0.39, 0.29) is 11.8 Å². The van der Waals surface area contributed by atoms with Crippen LogP contribution in [0.15, 0.2) is 4.34 Å². The zero-order valence-electron chi connectivity index (χ0n) is 9.58. The first-order chi connectivity index (χ1) is 7.91. The number of aliphatic carboxylic acids is 1. The summed E-state index contributed by atoms with van der Waals surface area (Å²) >= 11 is 2.27. The highest BCUT2D eigenvalue weighted by Crippen LogP contribution is 2.27. The SMILES string of the molecule is CN(C)C(=O)N(C)c1nnc(SCC(=O)O)s1. The van der Waals surface area contributed by atoms with E-state index in [1.807, 2.05) is 0 Å². The Labute approximate surface area is 106 Å². The van der Waals surface area contributed by atoms with Crippen LogP contribution in [0.3, 0.4) is 0 Å². The number of aromatic nitrogens is 2. The van der Waals surface area contributed by atoms with Gasteiger partial charge in [-0.2, -0.15) is 0 Å². The van der Waals surface area contributed by atoms with Crippen molar-refractivity contribution in [2.24, 2.45) is 0 Å². The van der Waals surface area contributed by atoms with Crippen LogP contribution in [0.25, 0.3) is 0 Å². The molecule has 1 rings (SSSR count). The highest BCUT2D eigenvalue weighted by molar-refractivity contribution is 8.01. The molecule has 0 aliphatic carbocycles. The third kappa shape index (κ3) is 3.86. The summed E-state index contributed by atoms with van der Waals surface area (Å²) in [4.78, 5) is 24.8. The van der Waals surface area contributed by atoms with Crippen molar-refractivity contribution in [2.45, 2.75) is 4.34 Å². The molecule has 7 nitrogen and oxygen atoms in total. The monoisotopic (exact) mass is 276 g/mol. The number of carbonyl (C=O) groups is 2. The van der Waals surface area contributed by atoms with Crippen LogP contribution in [0.4, 0.5) is 9.93 Å². The minimum Gasteiger partial charge on any atom is -0.481 e. The van der Waals surface area contributed by atoms with E-state index in [1.54, 1.807) is 21.1 Å². The van der Waals surface area contributed by atoms with Gasteiger partial charge < -0.3 is 10.0 Å². The molecule has 9 heteroatoms. The fourth-order valence-electron chi connectivity index (χ4n) is 0.902. The molecule has 0 saturated heterocycles. The molecular formula is C8H12N4O3S2. The van der Waals surface area contributed by atoms with Crippen molar-refractivity contribution in [1.29, 1.82) is 0 Å². The van der Waals surface area contributed by atoms with Crippen molar-refractivity contribution in [3.05, 3.63) is 0 Å². The van der Waals surface area contributed by atoms with Gasteiger partial charge in [-0.1, -0.05) is 23.1 Å². The Balaban J connectivity index is 2.67. The van der Waals surface area contributed by atoms with Crippen LogP contribution >= 0.6 is 23.1 Å². The highest BCUT2D eigenvalue weighted by Gasteiger charge is 2.17. The molecule has 0 saturated carbocycles. The van der Waals surface area contributed by atoms with Gasteiger partial charge in [-0.05, 0) is 0 Å². The molecule has 0 atom stereocenters. The van der Waals surface area contributed by atoms with E-state index < -0.39 is 5.97 Å². The Hall–Kier alpha value is -1.35. The van der Waals surface area contributed by atoms with Crippen LogP contribution < -0.4 is 4.90 Å². The van der Waals surface area contributed by atoms with Crippen LogP contribution in [-0.4, -0.2) is 59.1 Å². The minimum atomic E-state index is -0.913. The second kappa shape index (κ2) is 5.82. The number of carbonyl (C=O) groups excluding carboxylic acids is 1. The van der Waals surface area contributed by atoms with Crippen LogP contribution in [0.2, 0.25) is 0 Å². The lowest BCUT2D eigenvalue weighted by molar-refractivity contribution is -0.133. The maximum Gasteiger partial charge on any atom is 0.325 e. The summed E-state index contributed by atoms with van der Waals surface area (Å²) in [5, 5.41) is 16.6. The van der Waals surface area contributed by atoms with Gasteiger partial charge in [-0.3, -0.25) is 9.69 Å². The zero-order chi connectivity index (χ0) is 13.0. The van der Waals surface area contributed by atoms with Gasteiger partial charge in [0.1, 0.15) is 0 Å². The number of carboxylic acids is 1. The molecule has 0 fully saturated rings. The normalized spacial score (nSPS) is 10.1. The maximum atomic E-state index is 11.6. The fraction of sp³-hybridized carbons (Fsp3) is 0.500. The van der Waals surface area contributed by atoms with Gasteiger partial charge in [0, 0.05) is 21.1 Å². The standard InChI is InChI=1S/C8H12N4O3S2/c1-11(2)8(15)12(3)6-9-10-7(17-6)16-4-5(13)14/h4H2,1-3H3,(H,13,14). The van der Waals surface area contributed by atoms with E-state index in [0.29, 0.717) is 9.47 Å². The summed E-state index contributed by atoms with van der Waals surface area (Å²) in [7, 11) is 4.87. The van der Waals surface area contributed by atoms with Crippen molar-refractivity contribution in [3.63, 3.8) is 0 Å². The molecule has 0 radical (unpaired) electrons. The topological polar surface area (TPSA) is 86.6 Å². The summed E-state index contributed by atoms with van der Waals surface area (Å²) in [6.45, 7) is 0. The Morgan fingerprint density at radius 3 is 2.53 bits per heavy atom. The second-order valence-electron chi connectivity index (χ2n) is 3.27. The number of urea groups is 1. The average Bonchev–Trinajstić information content (AvgIpc) is 2.72. The number of hydrogen-bond acceptors (Lipinski definition) is 6. The van der Waals surface area contributed by atoms with Crippen molar-refractivity contribution < 1.29 is 14.7 Å². The van der Waals surface area contributed by atoms with Gasteiger partial charge in [-0.15, -0.1) is 10.2 Å². The number of rotatable bonds is 4. The van der Waals surface area contributed by atoms with Crippen molar-refractivity contribution in [3.8, 4) is 0 Å². The van der Waals surface area contributed by atoms with Gasteiger partial charge in [-0.25, -0.2) is 4.79 Å². The smallest absolute Gasteiger partial charge is 0.325 e. The lowest BCUT2D eigenvalue weighted by Crippen LogP contribution is -2.36. The van der Waals surface area contributed by atoms with Crippen molar-refractivity contribution in [1.82, 2.24) is 15.1 Å². The minimum absolute atomic E-state index is 0.0695. The fourth-order valence-corrected chi connectivity index (χ4v) is 2.42. The van der Waals surface area contributed by atoms with Crippen LogP contribution in [0.1, 0.15) is 0 Å². The molecular weight excluding hydrogens is 264 g/mol. The number of amides is 2. The molecule has 0 aromatic carbocycles. The maximum absolute atomic E-state index is 11.6. The van der Waals surface area contributed by atoms with Gasteiger partial charge in [0.15, 0.2) is 4.34 Å². The van der Waals surface area contributed by atoms with Gasteiger partial charge >= 0.3 is 12.0 Å². The molecule has 1 heterocycles. The van der Waals surface area contributed by atoms with Gasteiger partial charge in [0.2, 0.25) is 5.13 Å². The molecule has 94 valence electrons. The van der Waals surface area contributed by atoms with Gasteiger partial charge in [0.25, 0.3) is 0 Å². The third-order valence-electron chi connectivity index (χ3n) is 1.67. The lowest BCUT2D eigenvalue weighted by atomic mass is 10.7. The quantitative estimate of drug-likeness (QED) is 0.647. The molecule has 0 aliphatic rings. The molecule has 1 aromatic rings. The molecule has 0 unspecified atom stereocenters. The van der Waals surface area contributed by atoms with Crippen LogP contribution in [-0.2, 0) is 4.79 Å². The number of thioether (sulfide) groups is 1. The van der Waals surface area contributed by atoms with E-state index >= 15 is 0 Å². The van der Waals surface area contributed by atoms with Crippen LogP contribution in [0, 0.1) is 0 Å². The van der Waals surface area contributed by atoms with E-state index in [9.17, 15) is 9.59 Å². The van der Waals surface area contributed by atoms with E-state index in [4.69, 9.17) is 5.11 Å². The first-order valence-electron chi connectivity index (χ1n) is 4.55. The number of carboxylic acid groups (broad SMARTS) is 1. The highest BCUT2D eigenvalue weighted by atomic mass is 32.2. The third-order valence-corrected chi connectivity index (χ3v) is 3.79. The molecule has 1 N–H and O–H groups in total. The molecule has 0 aliphatic heterocycles. The van der Waals surface area contributed by atoms with E-state index in [1.165, 1.54) is 21.1 Å². The van der Waals surface area contributed by atoms with E-state index in [2.05, 4.69) is 10.2 Å². The molecule has 0 bridgehead atoms. The first kappa shape index (κ1) is 13.7. The first-order valence-corrected chi connectivity index (χ1v) is 6.35. The summed E-state index contributed by atoms with van der Waals surface area (Å²) < 4.78 is 0.529. The van der Waals surface area contributed by atoms with E-state index in [0.717, 1.165) is 11.8 Å². The summed E-state index contributed by atoms with van der Waals surface area (Å²) in [6, 6.07) is -0.212. The Kier molecular flexibility index (Phi) is 4.70. The molecule has 2 amide bonds. The van der Waals surface area contributed by atoms with Crippen molar-refractivity contribution in [2.75, 3.05) is 31.8 Å². The van der Waals surface area contributed by atoms with Crippen molar-refractivity contribution >= 4 is 40.2 Å². The Morgan fingerprint density at radius 2 is 2.00 bits per heavy atom. The number of hydrogen-bond donors (Lipinski definition) is 1. The van der Waals surface area contributed by atoms with Gasteiger partial charge in [0.05, 0.1) is 5.75 Å². The number of nitrogens with zero attached hydrogens (tertiary/aromatic N) is 4. The average molecular weight is 276 g/mol. The predicted molar refractivity (Wildman–Crippen MR) is 65.8 cm³/mol. The largest absolute Gasteiger partial charge is 0.481 e. The second-order valence-corrected chi connectivity index (χ2v) is 5.45. The lowest BCUT2D eigenvalue weighted by Gasteiger charge is -2.18. The summed E-state index contributed by atoms with van der Waals surface area (Å²) in [5.41, 5.74) is 0. The Bertz CT molecular complexity index is 421. The van der Waals surface area contributed by atoms with Crippen LogP contribution in [0.5, 0.6) is 0 Å². The molecule has 17 heavy (non-hydrogen) atoms. The summed E-state index contributed by atoms with van der Waals surface area (Å²) in [5.74, 6) is -0.982.